The van der Waals surface area contributed by atoms with Crippen LogP contribution in [-0.4, -0.2) is 29.2 Å². The van der Waals surface area contributed by atoms with E-state index in [1.807, 2.05) is 0 Å². The molecule has 0 saturated carbocycles. The number of nitro benzene ring substituents is 1. The van der Waals surface area contributed by atoms with Gasteiger partial charge in [-0.15, -0.1) is 0 Å². The number of nitro groups is 1. The minimum absolute atomic E-state index is 0.0850. The number of hydrogen-bond donors (Lipinski definition) is 1. The highest BCUT2D eigenvalue weighted by molar-refractivity contribution is 6.32. The van der Waals surface area contributed by atoms with Gasteiger partial charge in [0, 0.05) is 12.1 Å². The van der Waals surface area contributed by atoms with Crippen molar-refractivity contribution in [3.05, 3.63) is 62.7 Å². The topological polar surface area (TPSA) is 98.9 Å². The van der Waals surface area contributed by atoms with Crippen molar-refractivity contribution >= 4 is 23.3 Å². The Morgan fingerprint density at radius 1 is 1.22 bits per heavy atom. The number of carbonyl (C=O) groups excluding carboxylic acids is 1. The van der Waals surface area contributed by atoms with Crippen molar-refractivity contribution in [2.75, 3.05) is 13.2 Å². The number of halogens is 4. The molecule has 0 amide bonds. The molecule has 0 saturated heterocycles. The van der Waals surface area contributed by atoms with Crippen molar-refractivity contribution in [1.82, 2.24) is 0 Å². The SMILES string of the molecule is O=C(OCCO)c1cc(Oc2ccc(C(F)(F)F)cc2Cl)ccc1[N+](=O)[O-]. The Morgan fingerprint density at radius 3 is 2.48 bits per heavy atom. The molecule has 0 bridgehead atoms. The number of carbonyl (C=O) groups is 1. The highest BCUT2D eigenvalue weighted by Gasteiger charge is 2.31. The summed E-state index contributed by atoms with van der Waals surface area (Å²) in [6.45, 7) is -0.845. The quantitative estimate of drug-likeness (QED) is 0.439. The van der Waals surface area contributed by atoms with Crippen LogP contribution in [0.25, 0.3) is 0 Å². The first kappa shape index (κ1) is 20.5. The van der Waals surface area contributed by atoms with Gasteiger partial charge < -0.3 is 14.6 Å². The van der Waals surface area contributed by atoms with Gasteiger partial charge in [0.1, 0.15) is 23.7 Å². The van der Waals surface area contributed by atoms with Crippen molar-refractivity contribution in [1.29, 1.82) is 0 Å². The molecule has 0 radical (unpaired) electrons. The van der Waals surface area contributed by atoms with Gasteiger partial charge in [0.25, 0.3) is 5.69 Å². The lowest BCUT2D eigenvalue weighted by Crippen LogP contribution is -2.11. The van der Waals surface area contributed by atoms with Crippen LogP contribution in [0.4, 0.5) is 18.9 Å². The first-order valence-corrected chi connectivity index (χ1v) is 7.62. The molecule has 1 N–H and O–H groups in total. The fourth-order valence-corrected chi connectivity index (χ4v) is 2.22. The second kappa shape index (κ2) is 8.23. The molecule has 0 spiro atoms. The Bertz CT molecular complexity index is 872. The Kier molecular flexibility index (Phi) is 6.24. The van der Waals surface area contributed by atoms with Gasteiger partial charge in [-0.2, -0.15) is 13.2 Å². The van der Waals surface area contributed by atoms with E-state index in [9.17, 15) is 28.1 Å². The van der Waals surface area contributed by atoms with E-state index in [1.54, 1.807) is 0 Å². The molecule has 144 valence electrons. The maximum Gasteiger partial charge on any atom is 0.416 e. The third-order valence-corrected chi connectivity index (χ3v) is 3.49. The molecule has 2 rings (SSSR count). The maximum atomic E-state index is 12.7. The Hall–Kier alpha value is -2.85. The predicted octanol–water partition coefficient (Wildman–Crippen LogP) is 4.21. The van der Waals surface area contributed by atoms with Gasteiger partial charge in [0.05, 0.1) is 22.1 Å². The molecule has 2 aromatic carbocycles. The Balaban J connectivity index is 2.34. The van der Waals surface area contributed by atoms with Crippen molar-refractivity contribution in [3.63, 3.8) is 0 Å². The third kappa shape index (κ3) is 5.08. The van der Waals surface area contributed by atoms with Crippen LogP contribution in [0.15, 0.2) is 36.4 Å². The van der Waals surface area contributed by atoms with E-state index in [2.05, 4.69) is 4.74 Å². The van der Waals surface area contributed by atoms with E-state index in [-0.39, 0.29) is 23.1 Å². The zero-order valence-electron chi connectivity index (χ0n) is 13.3. The monoisotopic (exact) mass is 405 g/mol. The summed E-state index contributed by atoms with van der Waals surface area (Å²) in [5, 5.41) is 19.4. The highest BCUT2D eigenvalue weighted by Crippen LogP contribution is 2.37. The molecule has 0 atom stereocenters. The second-order valence-electron chi connectivity index (χ2n) is 5.04. The molecule has 7 nitrogen and oxygen atoms in total. The van der Waals surface area contributed by atoms with E-state index in [0.717, 1.165) is 30.3 Å². The van der Waals surface area contributed by atoms with Crippen LogP contribution in [0.1, 0.15) is 15.9 Å². The normalized spacial score (nSPS) is 11.1. The Morgan fingerprint density at radius 2 is 1.93 bits per heavy atom. The summed E-state index contributed by atoms with van der Waals surface area (Å²) in [6, 6.07) is 5.52. The van der Waals surface area contributed by atoms with E-state index < -0.39 is 40.5 Å². The van der Waals surface area contributed by atoms with Gasteiger partial charge >= 0.3 is 12.1 Å². The fourth-order valence-electron chi connectivity index (χ4n) is 2.00. The van der Waals surface area contributed by atoms with Crippen LogP contribution < -0.4 is 4.74 Å². The van der Waals surface area contributed by atoms with Crippen LogP contribution in [-0.2, 0) is 10.9 Å². The third-order valence-electron chi connectivity index (χ3n) is 3.20. The van der Waals surface area contributed by atoms with E-state index in [1.165, 1.54) is 0 Å². The van der Waals surface area contributed by atoms with Crippen molar-refractivity contribution in [3.8, 4) is 11.5 Å². The zero-order chi connectivity index (χ0) is 20.2. The molecule has 0 heterocycles. The molecular formula is C16H11ClF3NO6. The maximum absolute atomic E-state index is 12.7. The lowest BCUT2D eigenvalue weighted by molar-refractivity contribution is -0.385. The van der Waals surface area contributed by atoms with Gasteiger partial charge in [-0.05, 0) is 24.3 Å². The molecule has 27 heavy (non-hydrogen) atoms. The number of alkyl halides is 3. The van der Waals surface area contributed by atoms with Gasteiger partial charge in [0.15, 0.2) is 0 Å². The van der Waals surface area contributed by atoms with Crippen LogP contribution in [0.3, 0.4) is 0 Å². The first-order chi connectivity index (χ1) is 12.6. The summed E-state index contributed by atoms with van der Waals surface area (Å²) in [6.07, 6.45) is -4.58. The average Bonchev–Trinajstić information content (AvgIpc) is 2.60. The first-order valence-electron chi connectivity index (χ1n) is 7.24. The predicted molar refractivity (Wildman–Crippen MR) is 87.0 cm³/mol. The largest absolute Gasteiger partial charge is 0.459 e. The second-order valence-corrected chi connectivity index (χ2v) is 5.45. The van der Waals surface area contributed by atoms with Gasteiger partial charge in [0.2, 0.25) is 0 Å². The van der Waals surface area contributed by atoms with Crippen molar-refractivity contribution < 1.29 is 37.5 Å². The van der Waals surface area contributed by atoms with Crippen molar-refractivity contribution in [2.45, 2.75) is 6.18 Å². The summed E-state index contributed by atoms with van der Waals surface area (Å²) < 4.78 is 48.0. The number of benzene rings is 2. The minimum atomic E-state index is -4.58. The van der Waals surface area contributed by atoms with E-state index in [0.29, 0.717) is 6.07 Å². The number of aliphatic hydroxyl groups excluding tert-OH is 1. The van der Waals surface area contributed by atoms with Crippen LogP contribution in [0.5, 0.6) is 11.5 Å². The lowest BCUT2D eigenvalue weighted by atomic mass is 10.1. The molecular weight excluding hydrogens is 395 g/mol. The van der Waals surface area contributed by atoms with E-state index >= 15 is 0 Å². The number of aliphatic hydroxyl groups is 1. The fraction of sp³-hybridized carbons (Fsp3) is 0.188. The minimum Gasteiger partial charge on any atom is -0.459 e. The van der Waals surface area contributed by atoms with Gasteiger partial charge in [-0.3, -0.25) is 10.1 Å². The standard InChI is InChI=1S/C16H11ClF3NO6/c17-12-7-9(16(18,19)20)1-4-14(12)27-10-2-3-13(21(24)25)11(8-10)15(23)26-6-5-22/h1-4,7-8,22H,5-6H2. The number of hydrogen-bond acceptors (Lipinski definition) is 6. The summed E-state index contributed by atoms with van der Waals surface area (Å²) in [5.41, 5.74) is -1.99. The molecule has 0 aromatic heterocycles. The molecule has 0 fully saturated rings. The number of rotatable bonds is 6. The number of ether oxygens (including phenoxy) is 2. The summed E-state index contributed by atoms with van der Waals surface area (Å²) in [5.74, 6) is -1.30. The molecule has 0 aliphatic heterocycles. The number of nitrogens with zero attached hydrogens (tertiary/aromatic N) is 1. The number of esters is 1. The molecule has 0 unspecified atom stereocenters. The molecule has 2 aromatic rings. The average molecular weight is 406 g/mol. The molecule has 0 aliphatic rings. The van der Waals surface area contributed by atoms with Crippen LogP contribution in [0.2, 0.25) is 5.02 Å². The van der Waals surface area contributed by atoms with Crippen LogP contribution >= 0.6 is 11.6 Å². The zero-order valence-corrected chi connectivity index (χ0v) is 14.1. The summed E-state index contributed by atoms with van der Waals surface area (Å²) in [4.78, 5) is 22.1. The smallest absolute Gasteiger partial charge is 0.416 e. The van der Waals surface area contributed by atoms with E-state index in [4.69, 9.17) is 21.4 Å². The van der Waals surface area contributed by atoms with Crippen molar-refractivity contribution in [2.24, 2.45) is 0 Å². The summed E-state index contributed by atoms with van der Waals surface area (Å²) in [7, 11) is 0. The lowest BCUT2D eigenvalue weighted by Gasteiger charge is -2.12. The van der Waals surface area contributed by atoms with Gasteiger partial charge in [-0.25, -0.2) is 4.79 Å². The molecule has 11 heteroatoms. The summed E-state index contributed by atoms with van der Waals surface area (Å²) >= 11 is 5.79. The van der Waals surface area contributed by atoms with Crippen LogP contribution in [0, 0.1) is 10.1 Å². The highest BCUT2D eigenvalue weighted by atomic mass is 35.5. The molecule has 0 aliphatic carbocycles. The Labute approximate surface area is 155 Å². The van der Waals surface area contributed by atoms with Gasteiger partial charge in [-0.1, -0.05) is 11.6 Å².